The van der Waals surface area contributed by atoms with Crippen molar-refractivity contribution in [2.24, 2.45) is 4.99 Å². The van der Waals surface area contributed by atoms with Crippen LogP contribution >= 0.6 is 34.8 Å². The van der Waals surface area contributed by atoms with Gasteiger partial charge in [-0.05, 0) is 66.6 Å². The van der Waals surface area contributed by atoms with Crippen molar-refractivity contribution in [1.29, 1.82) is 0 Å². The molecule has 3 aromatic rings. The van der Waals surface area contributed by atoms with E-state index in [9.17, 15) is 4.79 Å². The van der Waals surface area contributed by atoms with Crippen LogP contribution in [0.1, 0.15) is 23.6 Å². The number of carbonyl (C=O) groups is 1. The molecule has 0 spiro atoms. The van der Waals surface area contributed by atoms with Crippen molar-refractivity contribution in [2.45, 2.75) is 13.5 Å². The number of ether oxygens (including phenoxy) is 3. The van der Waals surface area contributed by atoms with Crippen molar-refractivity contribution >= 4 is 52.7 Å². The fourth-order valence-electron chi connectivity index (χ4n) is 3.09. The van der Waals surface area contributed by atoms with Crippen LogP contribution in [0, 0.1) is 0 Å². The van der Waals surface area contributed by atoms with Crippen LogP contribution in [0.3, 0.4) is 0 Å². The molecule has 0 fully saturated rings. The Morgan fingerprint density at radius 1 is 0.909 bits per heavy atom. The third-order valence-electron chi connectivity index (χ3n) is 4.66. The van der Waals surface area contributed by atoms with Gasteiger partial charge in [0.05, 0.1) is 17.2 Å². The molecule has 0 saturated heterocycles. The van der Waals surface area contributed by atoms with E-state index < -0.39 is 5.97 Å². The predicted molar refractivity (Wildman–Crippen MR) is 130 cm³/mol. The second-order valence-corrected chi connectivity index (χ2v) is 8.29. The number of hydrogen-bond donors (Lipinski definition) is 0. The van der Waals surface area contributed by atoms with Gasteiger partial charge in [-0.15, -0.1) is 0 Å². The van der Waals surface area contributed by atoms with Crippen LogP contribution in [0.15, 0.2) is 71.4 Å². The van der Waals surface area contributed by atoms with Gasteiger partial charge < -0.3 is 14.2 Å². The number of nitrogens with zero attached hydrogens (tertiary/aromatic N) is 1. The maximum Gasteiger partial charge on any atom is 0.363 e. The number of benzene rings is 3. The molecule has 168 valence electrons. The minimum atomic E-state index is -0.572. The van der Waals surface area contributed by atoms with Gasteiger partial charge >= 0.3 is 5.97 Å². The Morgan fingerprint density at radius 3 is 2.39 bits per heavy atom. The van der Waals surface area contributed by atoms with Crippen LogP contribution in [0.4, 0.5) is 0 Å². The number of cyclic esters (lactones) is 1. The number of hydrogen-bond acceptors (Lipinski definition) is 5. The summed E-state index contributed by atoms with van der Waals surface area (Å²) in [5, 5.41) is 1.49. The topological polar surface area (TPSA) is 57.1 Å². The van der Waals surface area contributed by atoms with Crippen LogP contribution < -0.4 is 9.47 Å². The molecule has 0 aromatic heterocycles. The average molecular weight is 503 g/mol. The molecule has 1 heterocycles. The van der Waals surface area contributed by atoms with E-state index in [1.807, 2.05) is 37.3 Å². The van der Waals surface area contributed by atoms with Gasteiger partial charge in [0, 0.05) is 10.0 Å². The quantitative estimate of drug-likeness (QED) is 0.259. The first kappa shape index (κ1) is 23.2. The summed E-state index contributed by atoms with van der Waals surface area (Å²) in [5.74, 6) is 0.690. The summed E-state index contributed by atoms with van der Waals surface area (Å²) in [5.41, 5.74) is 2.31. The number of aliphatic imine (C=N–C) groups is 1. The summed E-state index contributed by atoms with van der Waals surface area (Å²) >= 11 is 18.1. The molecular weight excluding hydrogens is 485 g/mol. The Kier molecular flexibility index (Phi) is 7.23. The van der Waals surface area contributed by atoms with Crippen LogP contribution in [0.5, 0.6) is 11.5 Å². The lowest BCUT2D eigenvalue weighted by Crippen LogP contribution is -2.05. The minimum absolute atomic E-state index is 0.126. The van der Waals surface area contributed by atoms with Gasteiger partial charge in [0.15, 0.2) is 17.2 Å². The fourth-order valence-corrected chi connectivity index (χ4v) is 3.70. The van der Waals surface area contributed by atoms with E-state index in [4.69, 9.17) is 49.0 Å². The van der Waals surface area contributed by atoms with Crippen LogP contribution in [-0.2, 0) is 16.1 Å². The van der Waals surface area contributed by atoms with Crippen molar-refractivity contribution in [3.63, 3.8) is 0 Å². The van der Waals surface area contributed by atoms with Crippen LogP contribution in [0.25, 0.3) is 6.08 Å². The zero-order chi connectivity index (χ0) is 23.4. The van der Waals surface area contributed by atoms with Crippen LogP contribution in [-0.4, -0.2) is 18.5 Å². The standard InChI is InChI=1S/C25H18Cl3NO4/c1-2-31-23-12-16(5-10-22(23)32-14-15-3-6-17(26)7-4-15)11-21-25(30)33-24(29-21)19-9-8-18(27)13-20(19)28/h3-13H,2,14H2,1H3/b21-11-. The van der Waals surface area contributed by atoms with E-state index in [1.165, 1.54) is 0 Å². The predicted octanol–water partition coefficient (Wildman–Crippen LogP) is 6.97. The Labute approximate surface area is 206 Å². The summed E-state index contributed by atoms with van der Waals surface area (Å²) in [4.78, 5) is 16.7. The van der Waals surface area contributed by atoms with Crippen molar-refractivity contribution in [1.82, 2.24) is 0 Å². The van der Waals surface area contributed by atoms with Gasteiger partial charge in [0.25, 0.3) is 0 Å². The van der Waals surface area contributed by atoms with Gasteiger partial charge in [-0.1, -0.05) is 53.0 Å². The van der Waals surface area contributed by atoms with E-state index in [1.54, 1.807) is 36.4 Å². The van der Waals surface area contributed by atoms with Crippen LogP contribution in [0.2, 0.25) is 15.1 Å². The minimum Gasteiger partial charge on any atom is -0.490 e. The van der Waals surface area contributed by atoms with E-state index in [-0.39, 0.29) is 11.6 Å². The van der Waals surface area contributed by atoms with Crippen molar-refractivity contribution in [3.8, 4) is 11.5 Å². The third kappa shape index (κ3) is 5.69. The highest BCUT2D eigenvalue weighted by molar-refractivity contribution is 6.37. The summed E-state index contributed by atoms with van der Waals surface area (Å²) < 4.78 is 17.0. The lowest BCUT2D eigenvalue weighted by Gasteiger charge is -2.13. The van der Waals surface area contributed by atoms with Gasteiger partial charge in [-0.25, -0.2) is 9.79 Å². The maximum atomic E-state index is 12.4. The molecule has 4 rings (SSSR count). The molecule has 0 unspecified atom stereocenters. The van der Waals surface area contributed by atoms with Crippen molar-refractivity contribution in [2.75, 3.05) is 6.61 Å². The molecule has 0 N–H and O–H groups in total. The van der Waals surface area contributed by atoms with Crippen molar-refractivity contribution < 1.29 is 19.0 Å². The SMILES string of the molecule is CCOc1cc(/C=C2\N=C(c3ccc(Cl)cc3Cl)OC2=O)ccc1OCc1ccc(Cl)cc1. The van der Waals surface area contributed by atoms with E-state index in [0.29, 0.717) is 50.9 Å². The smallest absolute Gasteiger partial charge is 0.363 e. The number of carbonyl (C=O) groups excluding carboxylic acids is 1. The average Bonchev–Trinajstić information content (AvgIpc) is 3.14. The molecule has 0 radical (unpaired) electrons. The summed E-state index contributed by atoms with van der Waals surface area (Å²) in [7, 11) is 0. The first-order valence-corrected chi connectivity index (χ1v) is 11.2. The number of rotatable bonds is 7. The highest BCUT2D eigenvalue weighted by Crippen LogP contribution is 2.31. The molecule has 0 saturated carbocycles. The zero-order valence-electron chi connectivity index (χ0n) is 17.5. The lowest BCUT2D eigenvalue weighted by atomic mass is 10.1. The highest BCUT2D eigenvalue weighted by Gasteiger charge is 2.25. The molecule has 0 bridgehead atoms. The second-order valence-electron chi connectivity index (χ2n) is 7.01. The molecule has 1 aliphatic rings. The highest BCUT2D eigenvalue weighted by atomic mass is 35.5. The molecule has 5 nitrogen and oxygen atoms in total. The molecule has 33 heavy (non-hydrogen) atoms. The van der Waals surface area contributed by atoms with Gasteiger partial charge in [-0.3, -0.25) is 0 Å². The Balaban J connectivity index is 1.56. The summed E-state index contributed by atoms with van der Waals surface area (Å²) in [6.07, 6.45) is 1.62. The Bertz CT molecular complexity index is 1250. The molecular formula is C25H18Cl3NO4. The largest absolute Gasteiger partial charge is 0.490 e. The fraction of sp³-hybridized carbons (Fsp3) is 0.120. The molecule has 0 amide bonds. The lowest BCUT2D eigenvalue weighted by molar-refractivity contribution is -0.129. The van der Waals surface area contributed by atoms with E-state index in [0.717, 1.165) is 5.56 Å². The molecule has 0 atom stereocenters. The van der Waals surface area contributed by atoms with Gasteiger partial charge in [-0.2, -0.15) is 0 Å². The first-order chi connectivity index (χ1) is 15.9. The molecule has 8 heteroatoms. The van der Waals surface area contributed by atoms with Gasteiger partial charge in [0.2, 0.25) is 5.90 Å². The normalized spacial score (nSPS) is 14.2. The molecule has 3 aromatic carbocycles. The molecule has 0 aliphatic carbocycles. The van der Waals surface area contributed by atoms with Gasteiger partial charge in [0.1, 0.15) is 6.61 Å². The molecule has 1 aliphatic heterocycles. The van der Waals surface area contributed by atoms with Crippen molar-refractivity contribution in [3.05, 3.63) is 98.1 Å². The van der Waals surface area contributed by atoms with E-state index in [2.05, 4.69) is 4.99 Å². The first-order valence-electron chi connectivity index (χ1n) is 10.0. The zero-order valence-corrected chi connectivity index (χ0v) is 19.7. The summed E-state index contributed by atoms with van der Waals surface area (Å²) in [6.45, 7) is 2.70. The Hall–Kier alpha value is -2.99. The van der Waals surface area contributed by atoms with E-state index >= 15 is 0 Å². The Morgan fingerprint density at radius 2 is 1.67 bits per heavy atom. The third-order valence-corrected chi connectivity index (χ3v) is 5.46. The maximum absolute atomic E-state index is 12.4. The number of halogens is 3. The summed E-state index contributed by atoms with van der Waals surface area (Å²) in [6, 6.07) is 17.7. The second kappa shape index (κ2) is 10.3. The number of esters is 1. The monoisotopic (exact) mass is 501 g/mol.